The van der Waals surface area contributed by atoms with Crippen LogP contribution in [0, 0.1) is 25.2 Å². The molecule has 1 aliphatic heterocycles. The minimum absolute atomic E-state index is 0.0931. The zero-order chi connectivity index (χ0) is 16.1. The third kappa shape index (κ3) is 4.08. The summed E-state index contributed by atoms with van der Waals surface area (Å²) in [6.07, 6.45) is 2.62. The van der Waals surface area contributed by atoms with Crippen molar-refractivity contribution in [2.75, 3.05) is 26.7 Å². The SMILES string of the molecule is Cc1cc(C)n(CC2CCCN2CC(=O)N(C)CCC#N)n1. The molecule has 0 bridgehead atoms. The van der Waals surface area contributed by atoms with E-state index in [0.29, 0.717) is 25.6 Å². The molecule has 2 heterocycles. The lowest BCUT2D eigenvalue weighted by atomic mass is 10.2. The number of carbonyl (C=O) groups excluding carboxylic acids is 1. The van der Waals surface area contributed by atoms with E-state index in [1.54, 1.807) is 11.9 Å². The highest BCUT2D eigenvalue weighted by Gasteiger charge is 2.28. The maximum absolute atomic E-state index is 12.2. The van der Waals surface area contributed by atoms with E-state index in [-0.39, 0.29) is 5.91 Å². The van der Waals surface area contributed by atoms with Crippen molar-refractivity contribution in [1.82, 2.24) is 19.6 Å². The molecular weight excluding hydrogens is 278 g/mol. The molecule has 1 aliphatic rings. The van der Waals surface area contributed by atoms with E-state index in [1.807, 2.05) is 11.6 Å². The molecule has 6 nitrogen and oxygen atoms in total. The van der Waals surface area contributed by atoms with Crippen LogP contribution in [-0.4, -0.2) is 58.2 Å². The fourth-order valence-corrected chi connectivity index (χ4v) is 3.01. The molecule has 0 aliphatic carbocycles. The standard InChI is InChI=1S/C16H25N5O/c1-13-10-14(2)21(18-13)11-15-6-4-9-20(15)12-16(22)19(3)8-5-7-17/h10,15H,4-6,8-9,11-12H2,1-3H3. The number of amides is 1. The van der Waals surface area contributed by atoms with Crippen molar-refractivity contribution in [3.05, 3.63) is 17.5 Å². The van der Waals surface area contributed by atoms with Crippen LogP contribution in [0.4, 0.5) is 0 Å². The van der Waals surface area contributed by atoms with Crippen LogP contribution >= 0.6 is 0 Å². The second kappa shape index (κ2) is 7.41. The number of likely N-dealkylation sites (tertiary alicyclic amines) is 1. The first-order chi connectivity index (χ1) is 10.5. The first kappa shape index (κ1) is 16.5. The molecule has 1 saturated heterocycles. The summed E-state index contributed by atoms with van der Waals surface area (Å²) in [6, 6.07) is 4.53. The van der Waals surface area contributed by atoms with Crippen LogP contribution in [0.1, 0.15) is 30.7 Å². The molecule has 1 aromatic rings. The van der Waals surface area contributed by atoms with Gasteiger partial charge in [-0.25, -0.2) is 0 Å². The van der Waals surface area contributed by atoms with Gasteiger partial charge in [0.1, 0.15) is 0 Å². The minimum Gasteiger partial charge on any atom is -0.344 e. The Kier molecular flexibility index (Phi) is 5.56. The molecule has 0 saturated carbocycles. The van der Waals surface area contributed by atoms with Gasteiger partial charge < -0.3 is 4.90 Å². The van der Waals surface area contributed by atoms with Gasteiger partial charge in [-0.3, -0.25) is 14.4 Å². The van der Waals surface area contributed by atoms with Gasteiger partial charge in [-0.15, -0.1) is 0 Å². The van der Waals surface area contributed by atoms with Crippen LogP contribution in [0.2, 0.25) is 0 Å². The molecule has 0 radical (unpaired) electrons. The van der Waals surface area contributed by atoms with Gasteiger partial charge in [0.05, 0.1) is 31.3 Å². The number of hydrogen-bond donors (Lipinski definition) is 0. The highest BCUT2D eigenvalue weighted by molar-refractivity contribution is 5.78. The van der Waals surface area contributed by atoms with Gasteiger partial charge in [0, 0.05) is 25.3 Å². The lowest BCUT2D eigenvalue weighted by molar-refractivity contribution is -0.131. The van der Waals surface area contributed by atoms with Crippen LogP contribution in [0.3, 0.4) is 0 Å². The summed E-state index contributed by atoms with van der Waals surface area (Å²) in [6.45, 7) is 6.82. The number of aromatic nitrogens is 2. The van der Waals surface area contributed by atoms with Crippen LogP contribution in [0.15, 0.2) is 6.07 Å². The van der Waals surface area contributed by atoms with Crippen molar-refractivity contribution in [2.24, 2.45) is 0 Å². The maximum Gasteiger partial charge on any atom is 0.236 e. The highest BCUT2D eigenvalue weighted by Crippen LogP contribution is 2.19. The molecule has 1 amide bonds. The molecule has 0 N–H and O–H groups in total. The smallest absolute Gasteiger partial charge is 0.236 e. The van der Waals surface area contributed by atoms with Crippen LogP contribution < -0.4 is 0 Å². The quantitative estimate of drug-likeness (QED) is 0.795. The number of likely N-dealkylation sites (N-methyl/N-ethyl adjacent to an activating group) is 1. The van der Waals surface area contributed by atoms with E-state index in [1.165, 1.54) is 5.69 Å². The molecule has 0 aromatic carbocycles. The zero-order valence-electron chi connectivity index (χ0n) is 13.7. The van der Waals surface area contributed by atoms with Crippen molar-refractivity contribution >= 4 is 5.91 Å². The number of nitrogens with zero attached hydrogens (tertiary/aromatic N) is 5. The van der Waals surface area contributed by atoms with E-state index in [0.717, 1.165) is 31.6 Å². The number of hydrogen-bond acceptors (Lipinski definition) is 4. The molecular formula is C16H25N5O. The zero-order valence-corrected chi connectivity index (χ0v) is 13.7. The lowest BCUT2D eigenvalue weighted by Gasteiger charge is -2.26. The number of aryl methyl sites for hydroxylation is 2. The fourth-order valence-electron chi connectivity index (χ4n) is 3.01. The summed E-state index contributed by atoms with van der Waals surface area (Å²) < 4.78 is 2.04. The predicted octanol–water partition coefficient (Wildman–Crippen LogP) is 1.34. The topological polar surface area (TPSA) is 65.2 Å². The van der Waals surface area contributed by atoms with Gasteiger partial charge in [-0.1, -0.05) is 0 Å². The second-order valence-corrected chi connectivity index (χ2v) is 6.10. The van der Waals surface area contributed by atoms with Gasteiger partial charge in [0.25, 0.3) is 0 Å². The molecule has 1 fully saturated rings. The molecule has 6 heteroatoms. The van der Waals surface area contributed by atoms with Crippen molar-refractivity contribution in [3.63, 3.8) is 0 Å². The van der Waals surface area contributed by atoms with Gasteiger partial charge in [-0.2, -0.15) is 10.4 Å². The predicted molar refractivity (Wildman–Crippen MR) is 84.2 cm³/mol. The van der Waals surface area contributed by atoms with Gasteiger partial charge in [-0.05, 0) is 39.3 Å². The van der Waals surface area contributed by atoms with Crippen molar-refractivity contribution in [2.45, 2.75) is 45.7 Å². The van der Waals surface area contributed by atoms with Gasteiger partial charge in [0.15, 0.2) is 0 Å². The Balaban J connectivity index is 1.92. The van der Waals surface area contributed by atoms with Crippen molar-refractivity contribution < 1.29 is 4.79 Å². The third-order valence-corrected chi connectivity index (χ3v) is 4.31. The van der Waals surface area contributed by atoms with Crippen molar-refractivity contribution in [3.8, 4) is 6.07 Å². The van der Waals surface area contributed by atoms with E-state index in [4.69, 9.17) is 5.26 Å². The average Bonchev–Trinajstić information content (AvgIpc) is 3.03. The van der Waals surface area contributed by atoms with E-state index < -0.39 is 0 Å². The minimum atomic E-state index is 0.0931. The summed E-state index contributed by atoms with van der Waals surface area (Å²) in [5.74, 6) is 0.0931. The van der Waals surface area contributed by atoms with Crippen LogP contribution in [0.25, 0.3) is 0 Å². The molecule has 1 aromatic heterocycles. The maximum atomic E-state index is 12.2. The Morgan fingerprint density at radius 3 is 2.95 bits per heavy atom. The van der Waals surface area contributed by atoms with Crippen LogP contribution in [-0.2, 0) is 11.3 Å². The fraction of sp³-hybridized carbons (Fsp3) is 0.688. The van der Waals surface area contributed by atoms with E-state index >= 15 is 0 Å². The summed E-state index contributed by atoms with van der Waals surface area (Å²) in [4.78, 5) is 16.1. The van der Waals surface area contributed by atoms with Crippen molar-refractivity contribution in [1.29, 1.82) is 5.26 Å². The summed E-state index contributed by atoms with van der Waals surface area (Å²) >= 11 is 0. The molecule has 1 atom stereocenters. The third-order valence-electron chi connectivity index (χ3n) is 4.31. The number of rotatable bonds is 6. The summed E-state index contributed by atoms with van der Waals surface area (Å²) in [7, 11) is 1.77. The molecule has 22 heavy (non-hydrogen) atoms. The largest absolute Gasteiger partial charge is 0.344 e. The second-order valence-electron chi connectivity index (χ2n) is 6.10. The normalized spacial score (nSPS) is 18.4. The number of carbonyl (C=O) groups is 1. The molecule has 120 valence electrons. The Bertz CT molecular complexity index is 559. The van der Waals surface area contributed by atoms with Gasteiger partial charge >= 0.3 is 0 Å². The lowest BCUT2D eigenvalue weighted by Crippen LogP contribution is -2.42. The highest BCUT2D eigenvalue weighted by atomic mass is 16.2. The first-order valence-electron chi connectivity index (χ1n) is 7.87. The Hall–Kier alpha value is -1.87. The average molecular weight is 303 g/mol. The Morgan fingerprint density at radius 2 is 2.32 bits per heavy atom. The molecule has 2 rings (SSSR count). The Labute approximate surface area is 132 Å². The Morgan fingerprint density at radius 1 is 1.55 bits per heavy atom. The molecule has 1 unspecified atom stereocenters. The van der Waals surface area contributed by atoms with E-state index in [2.05, 4.69) is 29.1 Å². The summed E-state index contributed by atoms with van der Waals surface area (Å²) in [5, 5.41) is 13.1. The van der Waals surface area contributed by atoms with Gasteiger partial charge in [0.2, 0.25) is 5.91 Å². The monoisotopic (exact) mass is 303 g/mol. The summed E-state index contributed by atoms with van der Waals surface area (Å²) in [5.41, 5.74) is 2.20. The number of nitriles is 1. The van der Waals surface area contributed by atoms with E-state index in [9.17, 15) is 4.79 Å². The first-order valence-corrected chi connectivity index (χ1v) is 7.87. The van der Waals surface area contributed by atoms with Crippen LogP contribution in [0.5, 0.6) is 0 Å². The molecule has 0 spiro atoms.